The topological polar surface area (TPSA) is 126 Å². The van der Waals surface area contributed by atoms with Gasteiger partial charge in [-0.05, 0) is 31.2 Å². The monoisotopic (exact) mass is 428 g/mol. The highest BCUT2D eigenvalue weighted by Crippen LogP contribution is 2.44. The van der Waals surface area contributed by atoms with Gasteiger partial charge in [-0.3, -0.25) is 0 Å². The number of rotatable bonds is 3. The minimum Gasteiger partial charge on any atom is -0.508 e. The molecule has 4 aliphatic rings. The molecule has 2 bridgehead atoms. The van der Waals surface area contributed by atoms with Crippen molar-refractivity contribution in [3.05, 3.63) is 24.3 Å². The number of aromatic hydroxyl groups is 1. The number of sulfonamides is 1. The van der Waals surface area contributed by atoms with Crippen molar-refractivity contribution < 1.29 is 37.6 Å². The van der Waals surface area contributed by atoms with Gasteiger partial charge in [-0.1, -0.05) is 6.92 Å². The lowest BCUT2D eigenvalue weighted by Gasteiger charge is -2.57. The Morgan fingerprint density at radius 1 is 1.10 bits per heavy atom. The molecule has 11 heteroatoms. The lowest BCUT2D eigenvalue weighted by Crippen LogP contribution is -2.74. The maximum atomic E-state index is 13.4. The number of nitrogens with zero attached hydrogens (tertiary/aromatic N) is 2. The molecule has 2 N–H and O–H groups in total. The summed E-state index contributed by atoms with van der Waals surface area (Å²) in [5, 5.41) is 19.1. The van der Waals surface area contributed by atoms with Crippen LogP contribution in [-0.4, -0.2) is 84.9 Å². The van der Waals surface area contributed by atoms with Crippen LogP contribution < -0.4 is 0 Å². The molecule has 0 spiro atoms. The fourth-order valence-corrected chi connectivity index (χ4v) is 5.73. The van der Waals surface area contributed by atoms with E-state index < -0.39 is 34.2 Å². The Labute approximate surface area is 168 Å². The van der Waals surface area contributed by atoms with Crippen LogP contribution in [0.15, 0.2) is 29.2 Å². The van der Waals surface area contributed by atoms with Gasteiger partial charge < -0.3 is 29.3 Å². The first kappa shape index (κ1) is 20.4. The van der Waals surface area contributed by atoms with Gasteiger partial charge in [0.2, 0.25) is 10.0 Å². The third-order valence-electron chi connectivity index (χ3n) is 5.74. The number of amides is 1. The predicted octanol–water partition coefficient (Wildman–Crippen LogP) is 0.871. The van der Waals surface area contributed by atoms with E-state index in [0.29, 0.717) is 19.8 Å². The van der Waals surface area contributed by atoms with Crippen molar-refractivity contribution in [3.63, 3.8) is 0 Å². The van der Waals surface area contributed by atoms with Gasteiger partial charge in [0.25, 0.3) is 0 Å². The fourth-order valence-electron chi connectivity index (χ4n) is 4.06. The summed E-state index contributed by atoms with van der Waals surface area (Å²) in [6.07, 6.45) is -1.16. The summed E-state index contributed by atoms with van der Waals surface area (Å²) in [5.74, 6) is -1.74. The molecule has 4 fully saturated rings. The third-order valence-corrected chi connectivity index (χ3v) is 7.63. The van der Waals surface area contributed by atoms with Crippen LogP contribution in [0.25, 0.3) is 0 Å². The largest absolute Gasteiger partial charge is 0.508 e. The highest BCUT2D eigenvalue weighted by atomic mass is 32.2. The average molecular weight is 428 g/mol. The molecule has 4 aliphatic heterocycles. The summed E-state index contributed by atoms with van der Waals surface area (Å²) in [4.78, 5) is 12.9. The van der Waals surface area contributed by atoms with E-state index in [9.17, 15) is 23.4 Å². The van der Waals surface area contributed by atoms with Gasteiger partial charge in [-0.25, -0.2) is 13.2 Å². The van der Waals surface area contributed by atoms with E-state index in [1.54, 1.807) is 6.92 Å². The Hall–Kier alpha value is -1.92. The number of piperazine rings is 1. The van der Waals surface area contributed by atoms with Crippen molar-refractivity contribution in [2.24, 2.45) is 5.41 Å². The van der Waals surface area contributed by atoms with Crippen molar-refractivity contribution in [3.8, 4) is 5.75 Å². The first-order valence-corrected chi connectivity index (χ1v) is 10.7. The highest BCUT2D eigenvalue weighted by Gasteiger charge is 2.62. The summed E-state index contributed by atoms with van der Waals surface area (Å²) in [7, 11) is -4.04. The van der Waals surface area contributed by atoms with E-state index in [1.165, 1.54) is 33.5 Å². The van der Waals surface area contributed by atoms with Crippen LogP contribution >= 0.6 is 0 Å². The molecule has 1 amide bonds. The molecule has 4 saturated heterocycles. The van der Waals surface area contributed by atoms with Crippen LogP contribution in [-0.2, 0) is 24.2 Å². The van der Waals surface area contributed by atoms with Gasteiger partial charge >= 0.3 is 12.1 Å². The molecule has 0 saturated carbocycles. The number of benzene rings is 1. The van der Waals surface area contributed by atoms with Crippen molar-refractivity contribution in [1.29, 1.82) is 0 Å². The molecule has 10 nitrogen and oxygen atoms in total. The lowest BCUT2D eigenvalue weighted by atomic mass is 9.90. The first-order valence-electron chi connectivity index (χ1n) is 9.30. The van der Waals surface area contributed by atoms with Crippen LogP contribution in [0, 0.1) is 5.41 Å². The molecule has 1 aromatic carbocycles. The molecule has 2 unspecified atom stereocenters. The van der Waals surface area contributed by atoms with Crippen LogP contribution in [0.1, 0.15) is 13.8 Å². The number of carboxylic acid groups (broad SMARTS) is 1. The van der Waals surface area contributed by atoms with E-state index in [4.69, 9.17) is 14.2 Å². The molecule has 160 valence electrons. The Morgan fingerprint density at radius 2 is 1.66 bits per heavy atom. The zero-order valence-corrected chi connectivity index (χ0v) is 17.0. The minimum absolute atomic E-state index is 0.00188. The molecule has 4 heterocycles. The van der Waals surface area contributed by atoms with Gasteiger partial charge in [-0.15, -0.1) is 0 Å². The fraction of sp³-hybridized carbons (Fsp3) is 0.611. The van der Waals surface area contributed by atoms with E-state index in [1.807, 2.05) is 6.92 Å². The summed E-state index contributed by atoms with van der Waals surface area (Å²) >= 11 is 0. The van der Waals surface area contributed by atoms with E-state index in [2.05, 4.69) is 0 Å². The second kappa shape index (κ2) is 6.81. The van der Waals surface area contributed by atoms with Gasteiger partial charge in [0, 0.05) is 18.5 Å². The standard InChI is InChI=1S/C18H24N2O8S/c1-12-15(18-26-9-17(2,10-27-18)11-28-18)20(8-7-19(12)16(22)23)29(24,25)14-5-3-13(21)4-6-14/h3-6,12,15,21H,7-11H2,1-2H3,(H,22,23). The van der Waals surface area contributed by atoms with Crippen LogP contribution in [0.5, 0.6) is 5.75 Å². The molecular formula is C18H24N2O8S. The smallest absolute Gasteiger partial charge is 0.407 e. The Balaban J connectivity index is 1.76. The second-order valence-corrected chi connectivity index (χ2v) is 9.94. The van der Waals surface area contributed by atoms with Crippen molar-refractivity contribution >= 4 is 16.1 Å². The summed E-state index contributed by atoms with van der Waals surface area (Å²) in [6.45, 7) is 4.42. The summed E-state index contributed by atoms with van der Waals surface area (Å²) in [6, 6.07) is 3.34. The summed E-state index contributed by atoms with van der Waals surface area (Å²) in [5.41, 5.74) is -0.327. The first-order chi connectivity index (χ1) is 13.6. The average Bonchev–Trinajstić information content (AvgIpc) is 2.68. The summed E-state index contributed by atoms with van der Waals surface area (Å²) < 4.78 is 45.7. The highest BCUT2D eigenvalue weighted by molar-refractivity contribution is 7.89. The molecule has 29 heavy (non-hydrogen) atoms. The van der Waals surface area contributed by atoms with E-state index >= 15 is 0 Å². The van der Waals surface area contributed by atoms with Crippen molar-refractivity contribution in [2.75, 3.05) is 32.9 Å². The molecule has 0 radical (unpaired) electrons. The lowest BCUT2D eigenvalue weighted by molar-refractivity contribution is -0.482. The maximum Gasteiger partial charge on any atom is 0.407 e. The number of fused-ring (bicyclic) bond motifs is 3. The van der Waals surface area contributed by atoms with Crippen LogP contribution in [0.4, 0.5) is 4.79 Å². The number of hydrogen-bond acceptors (Lipinski definition) is 7. The number of hydrogen-bond donors (Lipinski definition) is 2. The van der Waals surface area contributed by atoms with Gasteiger partial charge in [0.15, 0.2) is 0 Å². The molecule has 2 atom stereocenters. The number of carbonyl (C=O) groups is 1. The molecule has 1 aromatic rings. The normalized spacial score (nSPS) is 35.6. The number of phenols is 1. The van der Waals surface area contributed by atoms with Gasteiger partial charge in [0.1, 0.15) is 11.8 Å². The molecule has 5 rings (SSSR count). The van der Waals surface area contributed by atoms with E-state index in [-0.39, 0.29) is 29.1 Å². The number of phenolic OH excluding ortho intramolecular Hbond substituents is 1. The number of ether oxygens (including phenoxy) is 3. The minimum atomic E-state index is -4.04. The van der Waals surface area contributed by atoms with Crippen LogP contribution in [0.2, 0.25) is 0 Å². The quantitative estimate of drug-likeness (QED) is 0.726. The Bertz CT molecular complexity index is 878. The zero-order valence-electron chi connectivity index (χ0n) is 16.1. The maximum absolute atomic E-state index is 13.4. The van der Waals surface area contributed by atoms with Crippen LogP contribution in [0.3, 0.4) is 0 Å². The molecule has 0 aliphatic carbocycles. The Kier molecular flexibility index (Phi) is 4.78. The third kappa shape index (κ3) is 3.26. The SMILES string of the molecule is CC1C(C23OCC(C)(CO2)CO3)N(S(=O)(=O)c2ccc(O)cc2)CCN1C(=O)O. The second-order valence-electron chi connectivity index (χ2n) is 8.05. The molecular weight excluding hydrogens is 404 g/mol. The van der Waals surface area contributed by atoms with Crippen molar-refractivity contribution in [2.45, 2.75) is 36.8 Å². The van der Waals surface area contributed by atoms with Crippen molar-refractivity contribution in [1.82, 2.24) is 9.21 Å². The Morgan fingerprint density at radius 3 is 2.17 bits per heavy atom. The molecule has 0 aromatic heterocycles. The zero-order chi connectivity index (χ0) is 21.0. The predicted molar refractivity (Wildman–Crippen MR) is 98.7 cm³/mol. The van der Waals surface area contributed by atoms with Gasteiger partial charge in [-0.2, -0.15) is 4.31 Å². The van der Waals surface area contributed by atoms with E-state index in [0.717, 1.165) is 0 Å². The van der Waals surface area contributed by atoms with Gasteiger partial charge in [0.05, 0.1) is 30.8 Å².